The van der Waals surface area contributed by atoms with Gasteiger partial charge >= 0.3 is 5.97 Å². The Labute approximate surface area is 111 Å². The molecule has 4 nitrogen and oxygen atoms in total. The number of aliphatic carboxylic acids is 1. The summed E-state index contributed by atoms with van der Waals surface area (Å²) in [7, 11) is 0. The molecule has 0 aliphatic heterocycles. The van der Waals surface area contributed by atoms with Crippen LogP contribution >= 0.6 is 0 Å². The fourth-order valence-corrected chi connectivity index (χ4v) is 1.72. The number of carboxylic acid groups (broad SMARTS) is 1. The lowest BCUT2D eigenvalue weighted by atomic mass is 9.94. The standard InChI is InChI=1S/C14H18FNO3/c1-4-14(3,8-12(17)18)16-13(19)10-5-6-11(15)9(2)7-10/h5-7H,4,8H2,1-3H3,(H,16,19)(H,17,18)/t14-/m1/s1. The van der Waals surface area contributed by atoms with E-state index in [0.29, 0.717) is 17.5 Å². The number of carboxylic acids is 1. The van der Waals surface area contributed by atoms with Crippen LogP contribution in [0.3, 0.4) is 0 Å². The molecular formula is C14H18FNO3. The average Bonchev–Trinajstić information content (AvgIpc) is 2.31. The van der Waals surface area contributed by atoms with E-state index in [1.807, 2.05) is 0 Å². The van der Waals surface area contributed by atoms with Crippen molar-refractivity contribution in [1.29, 1.82) is 0 Å². The highest BCUT2D eigenvalue weighted by Crippen LogP contribution is 2.16. The summed E-state index contributed by atoms with van der Waals surface area (Å²) in [5.74, 6) is -1.74. The molecule has 1 amide bonds. The van der Waals surface area contributed by atoms with Crippen LogP contribution in [0.1, 0.15) is 42.6 Å². The Hall–Kier alpha value is -1.91. The van der Waals surface area contributed by atoms with Crippen molar-refractivity contribution in [2.45, 2.75) is 39.2 Å². The maximum absolute atomic E-state index is 13.1. The van der Waals surface area contributed by atoms with Gasteiger partial charge in [0.2, 0.25) is 0 Å². The Morgan fingerprint density at radius 3 is 2.53 bits per heavy atom. The quantitative estimate of drug-likeness (QED) is 0.861. The first-order valence-electron chi connectivity index (χ1n) is 6.08. The predicted octanol–water partition coefficient (Wildman–Crippen LogP) is 2.51. The number of aryl methyl sites for hydroxylation is 1. The molecule has 1 aromatic carbocycles. The van der Waals surface area contributed by atoms with Crippen molar-refractivity contribution in [2.24, 2.45) is 0 Å². The zero-order chi connectivity index (χ0) is 14.6. The van der Waals surface area contributed by atoms with Crippen LogP contribution in [0.15, 0.2) is 18.2 Å². The maximum Gasteiger partial charge on any atom is 0.305 e. The lowest BCUT2D eigenvalue weighted by Gasteiger charge is -2.28. The second kappa shape index (κ2) is 5.82. The van der Waals surface area contributed by atoms with Gasteiger partial charge in [-0.25, -0.2) is 4.39 Å². The number of rotatable bonds is 5. The smallest absolute Gasteiger partial charge is 0.305 e. The fraction of sp³-hybridized carbons (Fsp3) is 0.429. The third-order valence-corrected chi connectivity index (χ3v) is 3.16. The molecule has 0 bridgehead atoms. The highest BCUT2D eigenvalue weighted by molar-refractivity contribution is 5.95. The molecule has 0 aliphatic carbocycles. The van der Waals surface area contributed by atoms with E-state index < -0.39 is 17.4 Å². The Bertz CT molecular complexity index is 501. The van der Waals surface area contributed by atoms with E-state index in [1.54, 1.807) is 20.8 Å². The largest absolute Gasteiger partial charge is 0.481 e. The summed E-state index contributed by atoms with van der Waals surface area (Å²) >= 11 is 0. The minimum absolute atomic E-state index is 0.157. The second-order valence-corrected chi connectivity index (χ2v) is 4.90. The first-order valence-corrected chi connectivity index (χ1v) is 6.08. The van der Waals surface area contributed by atoms with Crippen LogP contribution < -0.4 is 5.32 Å². The van der Waals surface area contributed by atoms with Gasteiger partial charge in [0.25, 0.3) is 5.91 Å². The number of halogens is 1. The number of carbonyl (C=O) groups is 2. The first-order chi connectivity index (χ1) is 8.77. The van der Waals surface area contributed by atoms with Crippen LogP contribution in [0, 0.1) is 12.7 Å². The molecule has 0 spiro atoms. The Morgan fingerprint density at radius 2 is 2.05 bits per heavy atom. The molecule has 0 aliphatic rings. The van der Waals surface area contributed by atoms with Crippen LogP contribution in [0.2, 0.25) is 0 Å². The molecule has 19 heavy (non-hydrogen) atoms. The third kappa shape index (κ3) is 4.05. The van der Waals surface area contributed by atoms with E-state index in [9.17, 15) is 14.0 Å². The first kappa shape index (κ1) is 15.1. The summed E-state index contributed by atoms with van der Waals surface area (Å²) in [6.07, 6.45) is 0.334. The van der Waals surface area contributed by atoms with E-state index in [1.165, 1.54) is 18.2 Å². The molecular weight excluding hydrogens is 249 g/mol. The van der Waals surface area contributed by atoms with Crippen molar-refractivity contribution in [3.05, 3.63) is 35.1 Å². The van der Waals surface area contributed by atoms with Crippen LogP contribution in [0.4, 0.5) is 4.39 Å². The van der Waals surface area contributed by atoms with Gasteiger partial charge in [0, 0.05) is 11.1 Å². The molecule has 0 radical (unpaired) electrons. The number of benzene rings is 1. The number of hydrogen-bond donors (Lipinski definition) is 2. The van der Waals surface area contributed by atoms with E-state index in [-0.39, 0.29) is 12.2 Å². The predicted molar refractivity (Wildman–Crippen MR) is 69.6 cm³/mol. The van der Waals surface area contributed by atoms with E-state index in [4.69, 9.17) is 5.11 Å². The van der Waals surface area contributed by atoms with Gasteiger partial charge in [-0.3, -0.25) is 9.59 Å². The zero-order valence-electron chi connectivity index (χ0n) is 11.3. The van der Waals surface area contributed by atoms with E-state index in [2.05, 4.69) is 5.32 Å². The van der Waals surface area contributed by atoms with Crippen molar-refractivity contribution in [3.63, 3.8) is 0 Å². The molecule has 1 aromatic rings. The van der Waals surface area contributed by atoms with Gasteiger partial charge in [-0.2, -0.15) is 0 Å². The third-order valence-electron chi connectivity index (χ3n) is 3.16. The minimum Gasteiger partial charge on any atom is -0.481 e. The average molecular weight is 267 g/mol. The van der Waals surface area contributed by atoms with Gasteiger partial charge in [-0.1, -0.05) is 6.92 Å². The summed E-state index contributed by atoms with van der Waals surface area (Å²) in [5.41, 5.74) is -0.112. The van der Waals surface area contributed by atoms with Gasteiger partial charge in [0.15, 0.2) is 0 Å². The molecule has 0 unspecified atom stereocenters. The number of hydrogen-bond acceptors (Lipinski definition) is 2. The van der Waals surface area contributed by atoms with Crippen LogP contribution in [0.25, 0.3) is 0 Å². The Kier molecular flexibility index (Phi) is 4.64. The summed E-state index contributed by atoms with van der Waals surface area (Å²) in [4.78, 5) is 22.8. The SMILES string of the molecule is CC[C@](C)(CC(=O)O)NC(=O)c1ccc(F)c(C)c1. The number of amides is 1. The molecule has 5 heteroatoms. The van der Waals surface area contributed by atoms with Gasteiger partial charge < -0.3 is 10.4 Å². The van der Waals surface area contributed by atoms with Crippen molar-refractivity contribution in [2.75, 3.05) is 0 Å². The van der Waals surface area contributed by atoms with E-state index >= 15 is 0 Å². The van der Waals surface area contributed by atoms with Gasteiger partial charge in [-0.15, -0.1) is 0 Å². The molecule has 0 aromatic heterocycles. The number of nitrogens with one attached hydrogen (secondary N) is 1. The van der Waals surface area contributed by atoms with E-state index in [0.717, 1.165) is 0 Å². The molecule has 0 heterocycles. The second-order valence-electron chi connectivity index (χ2n) is 4.90. The van der Waals surface area contributed by atoms with Gasteiger partial charge in [0.1, 0.15) is 5.82 Å². The lowest BCUT2D eigenvalue weighted by Crippen LogP contribution is -2.47. The normalized spacial score (nSPS) is 13.7. The number of carbonyl (C=O) groups excluding carboxylic acids is 1. The Balaban J connectivity index is 2.88. The molecule has 0 fully saturated rings. The fourth-order valence-electron chi connectivity index (χ4n) is 1.72. The van der Waals surface area contributed by atoms with Crippen LogP contribution in [-0.4, -0.2) is 22.5 Å². The molecule has 104 valence electrons. The minimum atomic E-state index is -0.972. The zero-order valence-corrected chi connectivity index (χ0v) is 11.3. The lowest BCUT2D eigenvalue weighted by molar-refractivity contribution is -0.138. The van der Waals surface area contributed by atoms with Crippen molar-refractivity contribution in [3.8, 4) is 0 Å². The molecule has 2 N–H and O–H groups in total. The van der Waals surface area contributed by atoms with Crippen molar-refractivity contribution in [1.82, 2.24) is 5.32 Å². The van der Waals surface area contributed by atoms with Gasteiger partial charge in [-0.05, 0) is 44.0 Å². The highest BCUT2D eigenvalue weighted by Gasteiger charge is 2.27. The topological polar surface area (TPSA) is 66.4 Å². The molecule has 0 saturated carbocycles. The van der Waals surface area contributed by atoms with Crippen molar-refractivity contribution >= 4 is 11.9 Å². The summed E-state index contributed by atoms with van der Waals surface area (Å²) in [6.45, 7) is 5.05. The summed E-state index contributed by atoms with van der Waals surface area (Å²) in [5, 5.41) is 11.5. The maximum atomic E-state index is 13.1. The van der Waals surface area contributed by atoms with Crippen LogP contribution in [-0.2, 0) is 4.79 Å². The summed E-state index contributed by atoms with van der Waals surface area (Å²) < 4.78 is 13.1. The molecule has 1 atom stereocenters. The Morgan fingerprint density at radius 1 is 1.42 bits per heavy atom. The van der Waals surface area contributed by atoms with Gasteiger partial charge in [0.05, 0.1) is 6.42 Å². The monoisotopic (exact) mass is 267 g/mol. The van der Waals surface area contributed by atoms with Crippen LogP contribution in [0.5, 0.6) is 0 Å². The summed E-state index contributed by atoms with van der Waals surface area (Å²) in [6, 6.07) is 4.06. The molecule has 1 rings (SSSR count). The molecule has 0 saturated heterocycles. The van der Waals surface area contributed by atoms with Crippen molar-refractivity contribution < 1.29 is 19.1 Å². The highest BCUT2D eigenvalue weighted by atomic mass is 19.1.